The Bertz CT molecular complexity index is 250. The number of ether oxygens (including phenoxy) is 2. The number of aryl methyl sites for hydroxylation is 1. The Morgan fingerprint density at radius 2 is 2.23 bits per heavy atom. The first-order valence-electron chi connectivity index (χ1n) is 4.37. The average molecular weight is 181 g/mol. The molecule has 0 aromatic carbocycles. The molecule has 3 nitrogen and oxygen atoms in total. The van der Waals surface area contributed by atoms with E-state index in [-0.39, 0.29) is 0 Å². The zero-order chi connectivity index (χ0) is 9.52. The molecule has 0 aliphatic carbocycles. The van der Waals surface area contributed by atoms with Gasteiger partial charge in [-0.3, -0.25) is 4.98 Å². The number of aromatic nitrogens is 1. The number of pyridine rings is 1. The lowest BCUT2D eigenvalue weighted by atomic mass is 10.3. The van der Waals surface area contributed by atoms with Gasteiger partial charge in [0, 0.05) is 38.1 Å². The highest BCUT2D eigenvalue weighted by Gasteiger charge is 1.96. The smallest absolute Gasteiger partial charge is 0.125 e. The molecule has 0 N–H and O–H groups in total. The fourth-order valence-corrected chi connectivity index (χ4v) is 1.01. The SMILES string of the molecule is COCCCOc1ccncc1C. The van der Waals surface area contributed by atoms with Crippen molar-refractivity contribution in [3.05, 3.63) is 24.0 Å². The molecule has 0 amide bonds. The minimum absolute atomic E-state index is 0.693. The maximum Gasteiger partial charge on any atom is 0.125 e. The summed E-state index contributed by atoms with van der Waals surface area (Å²) in [6, 6.07) is 1.88. The molecule has 1 rings (SSSR count). The van der Waals surface area contributed by atoms with E-state index in [1.165, 1.54) is 0 Å². The first-order valence-corrected chi connectivity index (χ1v) is 4.37. The molecule has 0 radical (unpaired) electrons. The third kappa shape index (κ3) is 3.42. The van der Waals surface area contributed by atoms with Crippen molar-refractivity contribution < 1.29 is 9.47 Å². The van der Waals surface area contributed by atoms with Crippen LogP contribution in [-0.4, -0.2) is 25.3 Å². The molecule has 0 bridgehead atoms. The molecular weight excluding hydrogens is 166 g/mol. The van der Waals surface area contributed by atoms with E-state index in [9.17, 15) is 0 Å². The number of nitrogens with zero attached hydrogens (tertiary/aromatic N) is 1. The van der Waals surface area contributed by atoms with E-state index >= 15 is 0 Å². The van der Waals surface area contributed by atoms with Gasteiger partial charge in [-0.2, -0.15) is 0 Å². The maximum atomic E-state index is 5.52. The van der Waals surface area contributed by atoms with Crippen molar-refractivity contribution in [3.63, 3.8) is 0 Å². The van der Waals surface area contributed by atoms with Gasteiger partial charge < -0.3 is 9.47 Å². The molecule has 0 saturated heterocycles. The van der Waals surface area contributed by atoms with Crippen LogP contribution in [0.1, 0.15) is 12.0 Å². The molecule has 1 aromatic rings. The Morgan fingerprint density at radius 3 is 2.92 bits per heavy atom. The predicted molar refractivity (Wildman–Crippen MR) is 51.0 cm³/mol. The van der Waals surface area contributed by atoms with Crippen molar-refractivity contribution in [1.82, 2.24) is 4.98 Å². The van der Waals surface area contributed by atoms with Crippen LogP contribution in [0.15, 0.2) is 18.5 Å². The van der Waals surface area contributed by atoms with E-state index in [2.05, 4.69) is 4.98 Å². The number of hydrogen-bond acceptors (Lipinski definition) is 3. The second kappa shape index (κ2) is 5.54. The largest absolute Gasteiger partial charge is 0.493 e. The van der Waals surface area contributed by atoms with Crippen LogP contribution in [-0.2, 0) is 4.74 Å². The standard InChI is InChI=1S/C10H15NO2/c1-9-8-11-5-4-10(9)13-7-3-6-12-2/h4-5,8H,3,6-7H2,1-2H3. The van der Waals surface area contributed by atoms with Crippen molar-refractivity contribution >= 4 is 0 Å². The van der Waals surface area contributed by atoms with Gasteiger partial charge >= 0.3 is 0 Å². The second-order valence-electron chi connectivity index (χ2n) is 2.84. The average Bonchev–Trinajstić information content (AvgIpc) is 2.15. The Kier molecular flexibility index (Phi) is 4.26. The highest BCUT2D eigenvalue weighted by atomic mass is 16.5. The van der Waals surface area contributed by atoms with Gasteiger partial charge in [0.1, 0.15) is 5.75 Å². The fraction of sp³-hybridized carbons (Fsp3) is 0.500. The zero-order valence-electron chi connectivity index (χ0n) is 8.12. The number of hydrogen-bond donors (Lipinski definition) is 0. The van der Waals surface area contributed by atoms with Gasteiger partial charge in [-0.25, -0.2) is 0 Å². The van der Waals surface area contributed by atoms with Crippen LogP contribution in [0.5, 0.6) is 5.75 Å². The molecule has 3 heteroatoms. The van der Waals surface area contributed by atoms with E-state index in [1.807, 2.05) is 13.0 Å². The highest BCUT2D eigenvalue weighted by molar-refractivity contribution is 5.28. The molecular formula is C10H15NO2. The topological polar surface area (TPSA) is 31.4 Å². The Morgan fingerprint density at radius 1 is 1.38 bits per heavy atom. The molecule has 0 saturated carbocycles. The predicted octanol–water partition coefficient (Wildman–Crippen LogP) is 1.81. The van der Waals surface area contributed by atoms with Crippen molar-refractivity contribution in [1.29, 1.82) is 0 Å². The molecule has 72 valence electrons. The second-order valence-corrected chi connectivity index (χ2v) is 2.84. The summed E-state index contributed by atoms with van der Waals surface area (Å²) in [4.78, 5) is 3.98. The first-order chi connectivity index (χ1) is 6.34. The van der Waals surface area contributed by atoms with Gasteiger partial charge in [0.05, 0.1) is 6.61 Å². The molecule has 0 aliphatic rings. The van der Waals surface area contributed by atoms with Crippen LogP contribution < -0.4 is 4.74 Å². The van der Waals surface area contributed by atoms with Crippen molar-refractivity contribution in [3.8, 4) is 5.75 Å². The molecule has 13 heavy (non-hydrogen) atoms. The minimum Gasteiger partial charge on any atom is -0.493 e. The summed E-state index contributed by atoms with van der Waals surface area (Å²) >= 11 is 0. The van der Waals surface area contributed by atoms with Crippen LogP contribution in [0.4, 0.5) is 0 Å². The number of methoxy groups -OCH3 is 1. The summed E-state index contributed by atoms with van der Waals surface area (Å²) in [5.74, 6) is 0.908. The van der Waals surface area contributed by atoms with E-state index in [1.54, 1.807) is 19.5 Å². The minimum atomic E-state index is 0.693. The summed E-state index contributed by atoms with van der Waals surface area (Å²) in [7, 11) is 1.69. The van der Waals surface area contributed by atoms with E-state index in [4.69, 9.17) is 9.47 Å². The fourth-order valence-electron chi connectivity index (χ4n) is 1.01. The highest BCUT2D eigenvalue weighted by Crippen LogP contribution is 2.14. The Balaban J connectivity index is 2.32. The molecule has 0 fully saturated rings. The van der Waals surface area contributed by atoms with Crippen LogP contribution in [0, 0.1) is 6.92 Å². The van der Waals surface area contributed by atoms with Gasteiger partial charge in [0.15, 0.2) is 0 Å². The third-order valence-electron chi connectivity index (χ3n) is 1.72. The molecule has 1 aromatic heterocycles. The summed E-state index contributed by atoms with van der Waals surface area (Å²) < 4.78 is 10.4. The summed E-state index contributed by atoms with van der Waals surface area (Å²) in [5, 5.41) is 0. The molecule has 1 heterocycles. The Labute approximate surface area is 78.7 Å². The summed E-state index contributed by atoms with van der Waals surface area (Å²) in [5.41, 5.74) is 1.07. The Hall–Kier alpha value is -1.09. The van der Waals surface area contributed by atoms with E-state index in [0.29, 0.717) is 6.61 Å². The van der Waals surface area contributed by atoms with E-state index in [0.717, 1.165) is 24.3 Å². The summed E-state index contributed by atoms with van der Waals surface area (Å²) in [6.07, 6.45) is 4.45. The van der Waals surface area contributed by atoms with Gasteiger partial charge in [-0.05, 0) is 13.0 Å². The zero-order valence-corrected chi connectivity index (χ0v) is 8.12. The molecule has 0 atom stereocenters. The monoisotopic (exact) mass is 181 g/mol. The lowest BCUT2D eigenvalue weighted by molar-refractivity contribution is 0.172. The van der Waals surface area contributed by atoms with Crippen molar-refractivity contribution in [2.75, 3.05) is 20.3 Å². The van der Waals surface area contributed by atoms with Gasteiger partial charge in [0.25, 0.3) is 0 Å². The van der Waals surface area contributed by atoms with Gasteiger partial charge in [0.2, 0.25) is 0 Å². The quantitative estimate of drug-likeness (QED) is 0.649. The van der Waals surface area contributed by atoms with Crippen LogP contribution in [0.25, 0.3) is 0 Å². The van der Waals surface area contributed by atoms with E-state index < -0.39 is 0 Å². The molecule has 0 aliphatic heterocycles. The molecule has 0 spiro atoms. The molecule has 0 unspecified atom stereocenters. The lowest BCUT2D eigenvalue weighted by Gasteiger charge is -2.07. The van der Waals surface area contributed by atoms with Crippen molar-refractivity contribution in [2.24, 2.45) is 0 Å². The van der Waals surface area contributed by atoms with Crippen molar-refractivity contribution in [2.45, 2.75) is 13.3 Å². The van der Waals surface area contributed by atoms with Crippen LogP contribution in [0.2, 0.25) is 0 Å². The maximum absolute atomic E-state index is 5.52. The van der Waals surface area contributed by atoms with Gasteiger partial charge in [-0.1, -0.05) is 0 Å². The normalized spacial score (nSPS) is 10.0. The summed E-state index contributed by atoms with van der Waals surface area (Å²) in [6.45, 7) is 3.42. The third-order valence-corrected chi connectivity index (χ3v) is 1.72. The van der Waals surface area contributed by atoms with Gasteiger partial charge in [-0.15, -0.1) is 0 Å². The lowest BCUT2D eigenvalue weighted by Crippen LogP contribution is -2.02. The van der Waals surface area contributed by atoms with Crippen LogP contribution in [0.3, 0.4) is 0 Å². The van der Waals surface area contributed by atoms with Crippen LogP contribution >= 0.6 is 0 Å². The number of rotatable bonds is 5. The first kappa shape index (κ1) is 9.99.